The number of sulfone groups is 1. The number of imide groups is 1. The molecule has 3 rings (SSSR count). The second-order valence-electron chi connectivity index (χ2n) is 7.48. The molecule has 10 heteroatoms. The van der Waals surface area contributed by atoms with E-state index in [1.165, 1.54) is 0 Å². The Morgan fingerprint density at radius 3 is 2.34 bits per heavy atom. The minimum atomic E-state index is -3.08. The Labute approximate surface area is 170 Å². The van der Waals surface area contributed by atoms with Crippen LogP contribution in [0.4, 0.5) is 4.79 Å². The van der Waals surface area contributed by atoms with E-state index >= 15 is 0 Å². The summed E-state index contributed by atoms with van der Waals surface area (Å²) in [6.07, 6.45) is 0.380. The predicted molar refractivity (Wildman–Crippen MR) is 107 cm³/mol. The smallest absolute Gasteiger partial charge is 0.321 e. The largest absolute Gasteiger partial charge is 0.334 e. The fourth-order valence-electron chi connectivity index (χ4n) is 3.55. The topological polar surface area (TPSA) is 123 Å². The van der Waals surface area contributed by atoms with Gasteiger partial charge in [0.1, 0.15) is 0 Å². The molecule has 2 N–H and O–H groups in total. The van der Waals surface area contributed by atoms with Crippen LogP contribution in [0.5, 0.6) is 0 Å². The van der Waals surface area contributed by atoms with Crippen LogP contribution in [-0.4, -0.2) is 80.4 Å². The van der Waals surface area contributed by atoms with E-state index in [-0.39, 0.29) is 18.1 Å². The molecule has 0 aliphatic carbocycles. The first-order valence-corrected chi connectivity index (χ1v) is 11.4. The van der Waals surface area contributed by atoms with Crippen molar-refractivity contribution in [2.75, 3.05) is 44.2 Å². The standard InChI is InChI=1S/C19H25N5O4S/c20-11-15-1-3-16(4-2-15)12-23-6-8-24(9-7-23)13-18(25)22-19(26)21-17-5-10-29(27,28)14-17/h1-4,17H,5-10,12-14H2,(H2,21,22,25,26)/t17-/m1/s1. The number of urea groups is 1. The molecule has 1 atom stereocenters. The molecule has 0 saturated carbocycles. The van der Waals surface area contributed by atoms with Crippen LogP contribution in [0.3, 0.4) is 0 Å². The molecule has 0 radical (unpaired) electrons. The van der Waals surface area contributed by atoms with Crippen molar-refractivity contribution >= 4 is 21.8 Å². The molecule has 9 nitrogen and oxygen atoms in total. The summed E-state index contributed by atoms with van der Waals surface area (Å²) in [5, 5.41) is 13.7. The van der Waals surface area contributed by atoms with Gasteiger partial charge in [0.05, 0.1) is 29.7 Å². The van der Waals surface area contributed by atoms with Crippen molar-refractivity contribution in [3.05, 3.63) is 35.4 Å². The maximum absolute atomic E-state index is 12.1. The number of nitrogens with one attached hydrogen (secondary N) is 2. The third-order valence-corrected chi connectivity index (χ3v) is 6.91. The minimum Gasteiger partial charge on any atom is -0.334 e. The lowest BCUT2D eigenvalue weighted by molar-refractivity contribution is -0.121. The van der Waals surface area contributed by atoms with Gasteiger partial charge in [-0.25, -0.2) is 13.2 Å². The monoisotopic (exact) mass is 419 g/mol. The second-order valence-corrected chi connectivity index (χ2v) is 9.71. The maximum Gasteiger partial charge on any atom is 0.321 e. The number of amides is 3. The number of nitriles is 1. The van der Waals surface area contributed by atoms with Gasteiger partial charge < -0.3 is 5.32 Å². The van der Waals surface area contributed by atoms with E-state index in [0.29, 0.717) is 25.1 Å². The zero-order valence-corrected chi connectivity index (χ0v) is 17.0. The summed E-state index contributed by atoms with van der Waals surface area (Å²) in [5.41, 5.74) is 1.78. The van der Waals surface area contributed by atoms with Gasteiger partial charge in [-0.3, -0.25) is 19.9 Å². The van der Waals surface area contributed by atoms with Gasteiger partial charge in [0.25, 0.3) is 0 Å². The number of carbonyl (C=O) groups excluding carboxylic acids is 2. The van der Waals surface area contributed by atoms with Crippen molar-refractivity contribution in [2.45, 2.75) is 19.0 Å². The molecule has 3 amide bonds. The summed E-state index contributed by atoms with van der Waals surface area (Å²) in [4.78, 5) is 28.2. The fraction of sp³-hybridized carbons (Fsp3) is 0.526. The van der Waals surface area contributed by atoms with Crippen LogP contribution >= 0.6 is 0 Å². The highest BCUT2D eigenvalue weighted by Gasteiger charge is 2.29. The Bertz CT molecular complexity index is 886. The third kappa shape index (κ3) is 6.52. The Morgan fingerprint density at radius 1 is 1.10 bits per heavy atom. The van der Waals surface area contributed by atoms with Gasteiger partial charge in [-0.1, -0.05) is 12.1 Å². The van der Waals surface area contributed by atoms with Crippen LogP contribution in [0.1, 0.15) is 17.5 Å². The van der Waals surface area contributed by atoms with Crippen LogP contribution in [0.2, 0.25) is 0 Å². The first kappa shape index (κ1) is 21.2. The minimum absolute atomic E-state index is 0.0681. The molecular weight excluding hydrogens is 394 g/mol. The number of nitrogens with zero attached hydrogens (tertiary/aromatic N) is 3. The molecule has 2 heterocycles. The molecular formula is C19H25N5O4S. The molecule has 156 valence electrons. The Balaban J connectivity index is 1.36. The van der Waals surface area contributed by atoms with E-state index in [4.69, 9.17) is 5.26 Å². The van der Waals surface area contributed by atoms with Crippen LogP contribution in [0.25, 0.3) is 0 Å². The Hall–Kier alpha value is -2.48. The average Bonchev–Trinajstić information content (AvgIpc) is 3.02. The summed E-state index contributed by atoms with van der Waals surface area (Å²) < 4.78 is 22.8. The van der Waals surface area contributed by atoms with Crippen molar-refractivity contribution in [2.24, 2.45) is 0 Å². The Morgan fingerprint density at radius 2 is 1.76 bits per heavy atom. The number of piperazine rings is 1. The molecule has 2 aliphatic rings. The molecule has 0 bridgehead atoms. The van der Waals surface area contributed by atoms with Crippen LogP contribution in [0.15, 0.2) is 24.3 Å². The normalized spacial score (nSPS) is 22.0. The summed E-state index contributed by atoms with van der Waals surface area (Å²) in [7, 11) is -3.08. The molecule has 2 saturated heterocycles. The van der Waals surface area contributed by atoms with Gasteiger partial charge in [-0.2, -0.15) is 5.26 Å². The number of hydrogen-bond acceptors (Lipinski definition) is 7. The molecule has 29 heavy (non-hydrogen) atoms. The first-order chi connectivity index (χ1) is 13.8. The fourth-order valence-corrected chi connectivity index (χ4v) is 5.22. The SMILES string of the molecule is N#Cc1ccc(CN2CCN(CC(=O)NC(=O)N[C@@H]3CCS(=O)(=O)C3)CC2)cc1. The van der Waals surface area contributed by atoms with Gasteiger partial charge in [0.15, 0.2) is 9.84 Å². The van der Waals surface area contributed by atoms with Gasteiger partial charge in [0, 0.05) is 38.8 Å². The summed E-state index contributed by atoms with van der Waals surface area (Å²) in [5.74, 6) is -0.405. The molecule has 2 aliphatic heterocycles. The van der Waals surface area contributed by atoms with Crippen molar-refractivity contribution in [3.63, 3.8) is 0 Å². The van der Waals surface area contributed by atoms with Crippen molar-refractivity contribution in [1.29, 1.82) is 5.26 Å². The van der Waals surface area contributed by atoms with E-state index < -0.39 is 27.8 Å². The second kappa shape index (κ2) is 9.35. The predicted octanol–water partition coefficient (Wildman–Crippen LogP) is -0.311. The van der Waals surface area contributed by atoms with Gasteiger partial charge in [-0.05, 0) is 24.1 Å². The molecule has 1 aromatic carbocycles. The molecule has 1 aromatic rings. The molecule has 2 fully saturated rings. The third-order valence-electron chi connectivity index (χ3n) is 5.14. The van der Waals surface area contributed by atoms with E-state index in [0.717, 1.165) is 25.2 Å². The van der Waals surface area contributed by atoms with Crippen LogP contribution in [-0.2, 0) is 21.2 Å². The van der Waals surface area contributed by atoms with Crippen LogP contribution < -0.4 is 10.6 Å². The van der Waals surface area contributed by atoms with E-state index in [2.05, 4.69) is 21.6 Å². The lowest BCUT2D eigenvalue weighted by Gasteiger charge is -2.34. The number of carbonyl (C=O) groups is 2. The summed E-state index contributed by atoms with van der Waals surface area (Å²) in [6.45, 7) is 3.96. The van der Waals surface area contributed by atoms with E-state index in [1.54, 1.807) is 0 Å². The average molecular weight is 420 g/mol. The van der Waals surface area contributed by atoms with Crippen molar-refractivity contribution in [3.8, 4) is 6.07 Å². The highest BCUT2D eigenvalue weighted by atomic mass is 32.2. The number of rotatable bonds is 5. The Kier molecular flexibility index (Phi) is 6.84. The van der Waals surface area contributed by atoms with E-state index in [9.17, 15) is 18.0 Å². The highest BCUT2D eigenvalue weighted by molar-refractivity contribution is 7.91. The number of benzene rings is 1. The van der Waals surface area contributed by atoms with Crippen molar-refractivity contribution < 1.29 is 18.0 Å². The summed E-state index contributed by atoms with van der Waals surface area (Å²) >= 11 is 0. The number of hydrogen-bond donors (Lipinski definition) is 2. The summed E-state index contributed by atoms with van der Waals surface area (Å²) in [6, 6.07) is 8.55. The zero-order valence-electron chi connectivity index (χ0n) is 16.1. The van der Waals surface area contributed by atoms with Gasteiger partial charge in [0.2, 0.25) is 5.91 Å². The van der Waals surface area contributed by atoms with E-state index in [1.807, 2.05) is 29.2 Å². The van der Waals surface area contributed by atoms with Crippen LogP contribution in [0, 0.1) is 11.3 Å². The maximum atomic E-state index is 12.1. The highest BCUT2D eigenvalue weighted by Crippen LogP contribution is 2.11. The van der Waals surface area contributed by atoms with Gasteiger partial charge in [-0.15, -0.1) is 0 Å². The lowest BCUT2D eigenvalue weighted by Crippen LogP contribution is -2.51. The molecule has 0 aromatic heterocycles. The molecule has 0 spiro atoms. The lowest BCUT2D eigenvalue weighted by atomic mass is 10.1. The quantitative estimate of drug-likeness (QED) is 0.671. The zero-order chi connectivity index (χ0) is 20.9. The van der Waals surface area contributed by atoms with Gasteiger partial charge >= 0.3 is 6.03 Å². The van der Waals surface area contributed by atoms with Crippen molar-refractivity contribution in [1.82, 2.24) is 20.4 Å². The molecule has 0 unspecified atom stereocenters. The first-order valence-electron chi connectivity index (χ1n) is 9.57.